The molecule has 8 nitrogen and oxygen atoms in total. The number of carbonyl (C=O) groups excluding carboxylic acids is 2. The Morgan fingerprint density at radius 3 is 2.70 bits per heavy atom. The first-order valence-corrected chi connectivity index (χ1v) is 6.02. The molecule has 2 rings (SSSR count). The number of carbonyl (C=O) groups is 2. The molecule has 20 heavy (non-hydrogen) atoms. The number of nitrogens with zero attached hydrogens (tertiary/aromatic N) is 2. The lowest BCUT2D eigenvalue weighted by atomic mass is 10.1. The fraction of sp³-hybridized carbons (Fsp3) is 0.333. The quantitative estimate of drug-likeness (QED) is 0.363. The first kappa shape index (κ1) is 13.9. The second kappa shape index (κ2) is 5.25. The Bertz CT molecular complexity index is 587. The number of likely N-dealkylation sites (tertiary alicyclic amines) is 1. The highest BCUT2D eigenvalue weighted by atomic mass is 16.6. The zero-order valence-electron chi connectivity index (χ0n) is 10.8. The van der Waals surface area contributed by atoms with Crippen LogP contribution in [-0.2, 0) is 16.1 Å². The predicted molar refractivity (Wildman–Crippen MR) is 70.2 cm³/mol. The van der Waals surface area contributed by atoms with Crippen molar-refractivity contribution in [3.05, 3.63) is 33.9 Å². The Morgan fingerprint density at radius 1 is 1.50 bits per heavy atom. The first-order chi connectivity index (χ1) is 9.43. The average molecular weight is 278 g/mol. The number of benzene rings is 1. The van der Waals surface area contributed by atoms with Gasteiger partial charge in [-0.1, -0.05) is 6.92 Å². The molecular weight excluding hydrogens is 264 g/mol. The maximum absolute atomic E-state index is 11.9. The van der Waals surface area contributed by atoms with Crippen molar-refractivity contribution in [3.8, 4) is 0 Å². The molecule has 1 aliphatic heterocycles. The highest BCUT2D eigenvalue weighted by Crippen LogP contribution is 2.26. The number of nitrogens with two attached hydrogens (primary N) is 1. The summed E-state index contributed by atoms with van der Waals surface area (Å²) in [6.07, 6.45) is 0.166. The molecule has 0 aliphatic carbocycles. The van der Waals surface area contributed by atoms with Gasteiger partial charge in [-0.25, -0.2) is 0 Å². The van der Waals surface area contributed by atoms with Crippen molar-refractivity contribution in [1.82, 2.24) is 4.90 Å². The Kier molecular flexibility index (Phi) is 3.66. The smallest absolute Gasteiger partial charge is 0.269 e. The number of hydrogen-bond acceptors (Lipinski definition) is 6. The van der Waals surface area contributed by atoms with Gasteiger partial charge in [0.15, 0.2) is 0 Å². The minimum Gasteiger partial charge on any atom is -0.324 e. The fourth-order valence-electron chi connectivity index (χ4n) is 2.15. The summed E-state index contributed by atoms with van der Waals surface area (Å²) in [5.41, 5.74) is 3.15. The maximum Gasteiger partial charge on any atom is 0.269 e. The predicted octanol–water partition coefficient (Wildman–Crippen LogP) is 0.775. The van der Waals surface area contributed by atoms with Crippen molar-refractivity contribution < 1.29 is 14.5 Å². The molecule has 1 atom stereocenters. The number of anilines is 1. The molecule has 8 heteroatoms. The van der Waals surface area contributed by atoms with E-state index in [-0.39, 0.29) is 36.4 Å². The van der Waals surface area contributed by atoms with E-state index in [2.05, 4.69) is 5.43 Å². The van der Waals surface area contributed by atoms with Gasteiger partial charge in [-0.2, -0.15) is 0 Å². The van der Waals surface area contributed by atoms with E-state index in [1.54, 1.807) is 6.92 Å². The lowest BCUT2D eigenvalue weighted by Gasteiger charge is -2.16. The Labute approximate surface area is 114 Å². The lowest BCUT2D eigenvalue weighted by Crippen LogP contribution is -2.30. The van der Waals surface area contributed by atoms with E-state index < -0.39 is 4.92 Å². The van der Waals surface area contributed by atoms with E-state index >= 15 is 0 Å². The number of non-ortho nitro benzene ring substituents is 1. The Hall–Kier alpha value is -2.48. The molecule has 1 aliphatic rings. The normalized spacial score (nSPS) is 18.5. The second-order valence-electron chi connectivity index (χ2n) is 4.67. The molecule has 1 aromatic carbocycles. The monoisotopic (exact) mass is 278 g/mol. The van der Waals surface area contributed by atoms with Crippen LogP contribution in [0.2, 0.25) is 0 Å². The highest BCUT2D eigenvalue weighted by Gasteiger charge is 2.35. The van der Waals surface area contributed by atoms with Gasteiger partial charge in [0, 0.05) is 30.0 Å². The van der Waals surface area contributed by atoms with Crippen molar-refractivity contribution in [2.24, 2.45) is 11.8 Å². The minimum absolute atomic E-state index is 0.0246. The van der Waals surface area contributed by atoms with Crippen molar-refractivity contribution in [3.63, 3.8) is 0 Å². The lowest BCUT2D eigenvalue weighted by molar-refractivity contribution is -0.384. The molecule has 0 saturated carbocycles. The molecule has 1 unspecified atom stereocenters. The van der Waals surface area contributed by atoms with Gasteiger partial charge >= 0.3 is 0 Å². The standard InChI is InChI=1S/C12H14N4O4/c1-7-4-11(17)15(12(7)18)6-8-5-9(16(19)20)2-3-10(8)14-13/h2-3,5,7,14H,4,6,13H2,1H3. The van der Waals surface area contributed by atoms with Gasteiger partial charge in [-0.3, -0.25) is 30.4 Å². The van der Waals surface area contributed by atoms with Crippen LogP contribution in [0.15, 0.2) is 18.2 Å². The van der Waals surface area contributed by atoms with Crippen LogP contribution in [0.5, 0.6) is 0 Å². The van der Waals surface area contributed by atoms with E-state index in [4.69, 9.17) is 5.84 Å². The molecule has 106 valence electrons. The number of nitrogens with one attached hydrogen (secondary N) is 1. The van der Waals surface area contributed by atoms with Crippen LogP contribution in [-0.4, -0.2) is 21.6 Å². The van der Waals surface area contributed by atoms with Crippen LogP contribution in [0, 0.1) is 16.0 Å². The molecule has 1 aromatic rings. The molecule has 2 amide bonds. The summed E-state index contributed by atoms with van der Waals surface area (Å²) in [6.45, 7) is 1.65. The topological polar surface area (TPSA) is 119 Å². The van der Waals surface area contributed by atoms with Crippen LogP contribution in [0.3, 0.4) is 0 Å². The third-order valence-corrected chi connectivity index (χ3v) is 3.25. The van der Waals surface area contributed by atoms with Gasteiger partial charge in [0.2, 0.25) is 11.8 Å². The van der Waals surface area contributed by atoms with Crippen LogP contribution in [0.25, 0.3) is 0 Å². The largest absolute Gasteiger partial charge is 0.324 e. The number of rotatable bonds is 4. The zero-order chi connectivity index (χ0) is 14.9. The van der Waals surface area contributed by atoms with Gasteiger partial charge in [0.1, 0.15) is 0 Å². The summed E-state index contributed by atoms with van der Waals surface area (Å²) in [5.74, 6) is 4.43. The Morgan fingerprint density at radius 2 is 2.20 bits per heavy atom. The van der Waals surface area contributed by atoms with Gasteiger partial charge in [0.05, 0.1) is 17.2 Å². The van der Waals surface area contributed by atoms with E-state index in [1.807, 2.05) is 0 Å². The fourth-order valence-corrected chi connectivity index (χ4v) is 2.15. The van der Waals surface area contributed by atoms with Crippen molar-refractivity contribution >= 4 is 23.2 Å². The van der Waals surface area contributed by atoms with Crippen molar-refractivity contribution in [2.45, 2.75) is 19.9 Å². The third-order valence-electron chi connectivity index (χ3n) is 3.25. The summed E-state index contributed by atoms with van der Waals surface area (Å²) in [5, 5.41) is 10.8. The van der Waals surface area contributed by atoms with Gasteiger partial charge in [-0.05, 0) is 6.07 Å². The van der Waals surface area contributed by atoms with Gasteiger partial charge in [0.25, 0.3) is 5.69 Å². The number of nitrogen functional groups attached to an aromatic ring is 1. The number of imide groups is 1. The third kappa shape index (κ3) is 2.45. The summed E-state index contributed by atoms with van der Waals surface area (Å²) in [6, 6.07) is 4.05. The molecule has 0 aromatic heterocycles. The van der Waals surface area contributed by atoms with Gasteiger partial charge < -0.3 is 5.43 Å². The molecule has 0 radical (unpaired) electrons. The minimum atomic E-state index is -0.542. The molecule has 0 spiro atoms. The van der Waals surface area contributed by atoms with Gasteiger partial charge in [-0.15, -0.1) is 0 Å². The average Bonchev–Trinajstić information content (AvgIpc) is 2.65. The van der Waals surface area contributed by atoms with E-state index in [9.17, 15) is 19.7 Å². The summed E-state index contributed by atoms with van der Waals surface area (Å²) >= 11 is 0. The first-order valence-electron chi connectivity index (χ1n) is 6.02. The number of hydrazine groups is 1. The molecule has 3 N–H and O–H groups in total. The summed E-state index contributed by atoms with van der Waals surface area (Å²) in [4.78, 5) is 34.9. The molecular formula is C12H14N4O4. The number of amides is 2. The van der Waals surface area contributed by atoms with E-state index in [0.717, 1.165) is 4.90 Å². The number of nitro groups is 1. The highest BCUT2D eigenvalue weighted by molar-refractivity contribution is 6.03. The number of nitro benzene ring substituents is 1. The maximum atomic E-state index is 11.9. The molecule has 1 saturated heterocycles. The molecule has 0 bridgehead atoms. The zero-order valence-corrected chi connectivity index (χ0v) is 10.8. The number of hydrogen-bond donors (Lipinski definition) is 2. The molecule has 1 fully saturated rings. The SMILES string of the molecule is CC1CC(=O)N(Cc2cc([N+](=O)[O-])ccc2NN)C1=O. The van der Waals surface area contributed by atoms with E-state index in [1.165, 1.54) is 18.2 Å². The van der Waals surface area contributed by atoms with E-state index in [0.29, 0.717) is 11.3 Å². The van der Waals surface area contributed by atoms with Crippen LogP contribution < -0.4 is 11.3 Å². The summed E-state index contributed by atoms with van der Waals surface area (Å²) < 4.78 is 0. The van der Waals surface area contributed by atoms with Crippen molar-refractivity contribution in [1.29, 1.82) is 0 Å². The summed E-state index contributed by atoms with van der Waals surface area (Å²) in [7, 11) is 0. The Balaban J connectivity index is 2.32. The molecule has 1 heterocycles. The second-order valence-corrected chi connectivity index (χ2v) is 4.67. The van der Waals surface area contributed by atoms with Crippen LogP contribution in [0.4, 0.5) is 11.4 Å². The van der Waals surface area contributed by atoms with Crippen molar-refractivity contribution in [2.75, 3.05) is 5.43 Å². The van der Waals surface area contributed by atoms with Crippen LogP contribution in [0.1, 0.15) is 18.9 Å². The van der Waals surface area contributed by atoms with Crippen LogP contribution >= 0.6 is 0 Å².